The zero-order valence-electron chi connectivity index (χ0n) is 15.7. The van der Waals surface area contributed by atoms with Crippen molar-refractivity contribution < 1.29 is 4.74 Å². The molecule has 1 heterocycles. The lowest BCUT2D eigenvalue weighted by Gasteiger charge is -2.32. The summed E-state index contributed by atoms with van der Waals surface area (Å²) in [5.74, 6) is 1.17. The molecule has 5 heteroatoms. The zero-order chi connectivity index (χ0) is 18.9. The van der Waals surface area contributed by atoms with E-state index in [1.54, 1.807) is 0 Å². The van der Waals surface area contributed by atoms with E-state index >= 15 is 0 Å². The Morgan fingerprint density at radius 1 is 0.889 bits per heavy atom. The lowest BCUT2D eigenvalue weighted by molar-refractivity contribution is 0.134. The molecule has 2 aliphatic rings. The summed E-state index contributed by atoms with van der Waals surface area (Å²) in [5.41, 5.74) is 2.36. The van der Waals surface area contributed by atoms with Crippen molar-refractivity contribution in [1.29, 1.82) is 0 Å². The van der Waals surface area contributed by atoms with Gasteiger partial charge < -0.3 is 9.64 Å². The molecule has 1 aliphatic carbocycles. The maximum Gasteiger partial charge on any atom is 0.133 e. The van der Waals surface area contributed by atoms with E-state index in [1.165, 1.54) is 11.1 Å². The summed E-state index contributed by atoms with van der Waals surface area (Å²) in [5, 5.41) is 0. The number of benzene rings is 2. The highest BCUT2D eigenvalue weighted by Gasteiger charge is 2.64. The van der Waals surface area contributed by atoms with E-state index in [4.69, 9.17) is 27.9 Å². The fourth-order valence-corrected chi connectivity index (χ4v) is 4.83. The smallest absolute Gasteiger partial charge is 0.133 e. The van der Waals surface area contributed by atoms with Crippen molar-refractivity contribution in [2.45, 2.75) is 16.2 Å². The first kappa shape index (κ1) is 19.1. The molecule has 2 fully saturated rings. The van der Waals surface area contributed by atoms with Crippen molar-refractivity contribution in [3.05, 3.63) is 65.7 Å². The average molecular weight is 405 g/mol. The molecule has 1 saturated carbocycles. The number of hydrogen-bond acceptors (Lipinski definition) is 3. The van der Waals surface area contributed by atoms with Crippen LogP contribution in [0.3, 0.4) is 0 Å². The van der Waals surface area contributed by atoms with Crippen LogP contribution in [0, 0.1) is 0 Å². The number of piperazine rings is 1. The first-order chi connectivity index (χ1) is 13.1. The number of ether oxygens (including phenoxy) is 1. The maximum absolute atomic E-state index is 6.59. The Kier molecular flexibility index (Phi) is 5.65. The summed E-state index contributed by atoms with van der Waals surface area (Å²) in [7, 11) is 2.17. The largest absolute Gasteiger partial charge is 0.492 e. The molecule has 2 unspecified atom stereocenters. The quantitative estimate of drug-likeness (QED) is 0.664. The van der Waals surface area contributed by atoms with Gasteiger partial charge in [0.2, 0.25) is 0 Å². The van der Waals surface area contributed by atoms with Crippen molar-refractivity contribution in [2.75, 3.05) is 46.4 Å². The van der Waals surface area contributed by atoms with E-state index in [0.29, 0.717) is 6.61 Å². The standard InChI is InChI=1S/C22H26Cl2N2O/c1-25-11-13-26(14-12-25)15-16-27-19-9-7-18(8-10-19)21-20(22(21,23)24)17-5-3-2-4-6-17/h2-10,20-21H,11-16H2,1H3. The van der Waals surface area contributed by atoms with Gasteiger partial charge in [0.15, 0.2) is 0 Å². The van der Waals surface area contributed by atoms with Gasteiger partial charge in [-0.15, -0.1) is 23.2 Å². The third-order valence-electron chi connectivity index (χ3n) is 5.72. The number of alkyl halides is 2. The molecule has 0 N–H and O–H groups in total. The highest BCUT2D eigenvalue weighted by molar-refractivity contribution is 6.52. The highest BCUT2D eigenvalue weighted by Crippen LogP contribution is 2.70. The second kappa shape index (κ2) is 8.00. The van der Waals surface area contributed by atoms with Gasteiger partial charge in [-0.25, -0.2) is 0 Å². The molecule has 0 aromatic heterocycles. The number of likely N-dealkylation sites (N-methyl/N-ethyl adjacent to an activating group) is 1. The van der Waals surface area contributed by atoms with Crippen molar-refractivity contribution in [2.24, 2.45) is 0 Å². The van der Waals surface area contributed by atoms with Gasteiger partial charge >= 0.3 is 0 Å². The van der Waals surface area contributed by atoms with Crippen LogP contribution >= 0.6 is 23.2 Å². The molecular weight excluding hydrogens is 379 g/mol. The second-order valence-corrected chi connectivity index (χ2v) is 9.05. The van der Waals surface area contributed by atoms with Crippen LogP contribution in [0.15, 0.2) is 54.6 Å². The van der Waals surface area contributed by atoms with Gasteiger partial charge in [-0.05, 0) is 30.3 Å². The molecule has 3 nitrogen and oxygen atoms in total. The molecule has 1 aliphatic heterocycles. The fourth-order valence-electron chi connectivity index (χ4n) is 3.95. The Hall–Kier alpha value is -1.26. The number of rotatable bonds is 6. The van der Waals surface area contributed by atoms with Crippen molar-refractivity contribution in [3.63, 3.8) is 0 Å². The summed E-state index contributed by atoms with van der Waals surface area (Å²) < 4.78 is 5.20. The van der Waals surface area contributed by atoms with Gasteiger partial charge in [-0.2, -0.15) is 0 Å². The van der Waals surface area contributed by atoms with Crippen LogP contribution in [0.5, 0.6) is 5.75 Å². The first-order valence-electron chi connectivity index (χ1n) is 9.62. The molecule has 1 saturated heterocycles. The van der Waals surface area contributed by atoms with Crippen LogP contribution in [0.2, 0.25) is 0 Å². The van der Waals surface area contributed by atoms with E-state index in [0.717, 1.165) is 38.5 Å². The molecule has 144 valence electrons. The average Bonchev–Trinajstić information content (AvgIpc) is 3.26. The van der Waals surface area contributed by atoms with Crippen LogP contribution < -0.4 is 4.74 Å². The monoisotopic (exact) mass is 404 g/mol. The minimum absolute atomic E-state index is 0.127. The SMILES string of the molecule is CN1CCN(CCOc2ccc(C3C(c4ccccc4)C3(Cl)Cl)cc2)CC1. The second-order valence-electron chi connectivity index (χ2n) is 7.60. The molecular formula is C22H26Cl2N2O. The summed E-state index contributed by atoms with van der Waals surface area (Å²) >= 11 is 13.2. The molecule has 27 heavy (non-hydrogen) atoms. The van der Waals surface area contributed by atoms with Crippen LogP contribution in [0.25, 0.3) is 0 Å². The lowest BCUT2D eigenvalue weighted by atomic mass is 10.0. The molecule has 0 radical (unpaired) electrons. The normalized spacial score (nSPS) is 25.3. The van der Waals surface area contributed by atoms with Crippen molar-refractivity contribution in [3.8, 4) is 5.75 Å². The highest BCUT2D eigenvalue weighted by atomic mass is 35.5. The maximum atomic E-state index is 6.59. The van der Waals surface area contributed by atoms with E-state index in [1.807, 2.05) is 30.3 Å². The van der Waals surface area contributed by atoms with Gasteiger partial charge in [-0.1, -0.05) is 42.5 Å². The molecule has 2 atom stereocenters. The molecule has 0 amide bonds. The van der Waals surface area contributed by atoms with E-state index < -0.39 is 4.33 Å². The molecule has 2 aromatic carbocycles. The topological polar surface area (TPSA) is 15.7 Å². The van der Waals surface area contributed by atoms with Gasteiger partial charge in [0.05, 0.1) is 0 Å². The van der Waals surface area contributed by atoms with E-state index in [2.05, 4.69) is 41.1 Å². The Morgan fingerprint density at radius 3 is 2.11 bits per heavy atom. The third kappa shape index (κ3) is 4.27. The van der Waals surface area contributed by atoms with Gasteiger partial charge in [0, 0.05) is 44.6 Å². The van der Waals surface area contributed by atoms with Crippen molar-refractivity contribution in [1.82, 2.24) is 9.80 Å². The van der Waals surface area contributed by atoms with Crippen LogP contribution in [-0.4, -0.2) is 60.5 Å². The Labute approximate surface area is 171 Å². The molecule has 0 spiro atoms. The minimum atomic E-state index is -0.731. The molecule has 4 rings (SSSR count). The third-order valence-corrected chi connectivity index (χ3v) is 6.66. The van der Waals surface area contributed by atoms with Crippen LogP contribution in [0.4, 0.5) is 0 Å². The minimum Gasteiger partial charge on any atom is -0.492 e. The molecule has 0 bridgehead atoms. The van der Waals surface area contributed by atoms with Gasteiger partial charge in [0.25, 0.3) is 0 Å². The Morgan fingerprint density at radius 2 is 1.48 bits per heavy atom. The molecule has 2 aromatic rings. The lowest BCUT2D eigenvalue weighted by Crippen LogP contribution is -2.45. The summed E-state index contributed by atoms with van der Waals surface area (Å²) in [6, 6.07) is 18.5. The number of nitrogens with zero attached hydrogens (tertiary/aromatic N) is 2. The Balaban J connectivity index is 1.31. The first-order valence-corrected chi connectivity index (χ1v) is 10.4. The zero-order valence-corrected chi connectivity index (χ0v) is 17.2. The van der Waals surface area contributed by atoms with Gasteiger partial charge in [0.1, 0.15) is 16.7 Å². The number of halogens is 2. The predicted molar refractivity (Wildman–Crippen MR) is 112 cm³/mol. The fraction of sp³-hybridized carbons (Fsp3) is 0.455. The Bertz CT molecular complexity index is 743. The predicted octanol–water partition coefficient (Wildman–Crippen LogP) is 4.37. The summed E-state index contributed by atoms with van der Waals surface area (Å²) in [4.78, 5) is 4.82. The van der Waals surface area contributed by atoms with Crippen molar-refractivity contribution >= 4 is 23.2 Å². The summed E-state index contributed by atoms with van der Waals surface area (Å²) in [6.45, 7) is 6.20. The van der Waals surface area contributed by atoms with E-state index in [-0.39, 0.29) is 11.8 Å². The van der Waals surface area contributed by atoms with Crippen LogP contribution in [0.1, 0.15) is 23.0 Å². The summed E-state index contributed by atoms with van der Waals surface area (Å²) in [6.07, 6.45) is 0. The number of hydrogen-bond donors (Lipinski definition) is 0. The van der Waals surface area contributed by atoms with E-state index in [9.17, 15) is 0 Å². The van der Waals surface area contributed by atoms with Gasteiger partial charge in [-0.3, -0.25) is 4.90 Å². The van der Waals surface area contributed by atoms with Crippen LogP contribution in [-0.2, 0) is 0 Å².